The maximum absolute atomic E-state index is 11.8. The van der Waals surface area contributed by atoms with Crippen LogP contribution in [0.15, 0.2) is 0 Å². The standard InChI is InChI=1S/C13H22N2O3S/c16-12(17)9-1-3-10(4-2-9)14-13(18)15-11-5-7-19-8-6-11/h9-11H,1-8H2,(H,16,17)(H2,14,15,18). The molecular formula is C13H22N2O3S. The molecule has 0 spiro atoms. The fraction of sp³-hybridized carbons (Fsp3) is 0.846. The fourth-order valence-corrected chi connectivity index (χ4v) is 3.85. The van der Waals surface area contributed by atoms with E-state index in [4.69, 9.17) is 5.11 Å². The summed E-state index contributed by atoms with van der Waals surface area (Å²) in [5, 5.41) is 14.9. The molecule has 2 amide bonds. The van der Waals surface area contributed by atoms with Gasteiger partial charge >= 0.3 is 12.0 Å². The van der Waals surface area contributed by atoms with Crippen molar-refractivity contribution < 1.29 is 14.7 Å². The summed E-state index contributed by atoms with van der Waals surface area (Å²) in [6, 6.07) is 0.348. The lowest BCUT2D eigenvalue weighted by molar-refractivity contribution is -0.142. The molecule has 5 nitrogen and oxygen atoms in total. The lowest BCUT2D eigenvalue weighted by Gasteiger charge is -2.28. The number of hydrogen-bond donors (Lipinski definition) is 3. The molecule has 0 bridgehead atoms. The van der Waals surface area contributed by atoms with Crippen LogP contribution in [0.1, 0.15) is 38.5 Å². The highest BCUT2D eigenvalue weighted by molar-refractivity contribution is 7.99. The van der Waals surface area contributed by atoms with E-state index >= 15 is 0 Å². The third-order valence-electron chi connectivity index (χ3n) is 3.97. The van der Waals surface area contributed by atoms with Crippen molar-refractivity contribution in [2.24, 2.45) is 5.92 Å². The van der Waals surface area contributed by atoms with Crippen LogP contribution in [-0.2, 0) is 4.79 Å². The maximum atomic E-state index is 11.8. The van der Waals surface area contributed by atoms with Crippen molar-refractivity contribution >= 4 is 23.8 Å². The van der Waals surface area contributed by atoms with Crippen LogP contribution in [0, 0.1) is 5.92 Å². The maximum Gasteiger partial charge on any atom is 0.315 e. The molecule has 1 aliphatic heterocycles. The summed E-state index contributed by atoms with van der Waals surface area (Å²) >= 11 is 1.94. The van der Waals surface area contributed by atoms with Gasteiger partial charge in [0.2, 0.25) is 0 Å². The summed E-state index contributed by atoms with van der Waals surface area (Å²) in [5.41, 5.74) is 0. The number of nitrogens with one attached hydrogen (secondary N) is 2. The third kappa shape index (κ3) is 4.60. The predicted octanol–water partition coefficient (Wildman–Crippen LogP) is 1.82. The van der Waals surface area contributed by atoms with Crippen LogP contribution < -0.4 is 10.6 Å². The first-order valence-corrected chi connectivity index (χ1v) is 8.18. The summed E-state index contributed by atoms with van der Waals surface area (Å²) in [6.45, 7) is 0. The first-order valence-electron chi connectivity index (χ1n) is 7.02. The zero-order chi connectivity index (χ0) is 13.7. The van der Waals surface area contributed by atoms with Gasteiger partial charge in [-0.2, -0.15) is 11.8 Å². The van der Waals surface area contributed by atoms with Crippen LogP contribution in [0.5, 0.6) is 0 Å². The number of thioether (sulfide) groups is 1. The second-order valence-electron chi connectivity index (χ2n) is 5.39. The summed E-state index contributed by atoms with van der Waals surface area (Å²) in [6.07, 6.45) is 4.96. The molecule has 108 valence electrons. The van der Waals surface area contributed by atoms with E-state index < -0.39 is 5.97 Å². The molecule has 0 aromatic heterocycles. The Labute approximate surface area is 117 Å². The number of urea groups is 1. The molecule has 1 heterocycles. The first-order chi connectivity index (χ1) is 9.15. The Bertz CT molecular complexity index is 324. The zero-order valence-electron chi connectivity index (χ0n) is 11.1. The molecule has 0 unspecified atom stereocenters. The Hall–Kier alpha value is -0.910. The second-order valence-corrected chi connectivity index (χ2v) is 6.62. The van der Waals surface area contributed by atoms with E-state index in [1.807, 2.05) is 11.8 Å². The first kappa shape index (κ1) is 14.5. The number of rotatable bonds is 3. The van der Waals surface area contributed by atoms with E-state index in [0.717, 1.165) is 37.2 Å². The Morgan fingerprint density at radius 1 is 0.895 bits per heavy atom. The van der Waals surface area contributed by atoms with Gasteiger partial charge in [-0.3, -0.25) is 4.79 Å². The normalized spacial score (nSPS) is 28.6. The molecule has 2 rings (SSSR count). The van der Waals surface area contributed by atoms with Gasteiger partial charge in [-0.05, 0) is 50.0 Å². The topological polar surface area (TPSA) is 78.4 Å². The van der Waals surface area contributed by atoms with Crippen molar-refractivity contribution in [2.45, 2.75) is 50.6 Å². The summed E-state index contributed by atoms with van der Waals surface area (Å²) in [4.78, 5) is 22.7. The van der Waals surface area contributed by atoms with E-state index in [9.17, 15) is 9.59 Å². The second kappa shape index (κ2) is 7.03. The van der Waals surface area contributed by atoms with Gasteiger partial charge in [-0.15, -0.1) is 0 Å². The lowest BCUT2D eigenvalue weighted by Crippen LogP contribution is -2.48. The van der Waals surface area contributed by atoms with Crippen molar-refractivity contribution in [3.63, 3.8) is 0 Å². The minimum absolute atomic E-state index is 0.0873. The SMILES string of the molecule is O=C(NC1CCSCC1)NC1CCC(C(=O)O)CC1. The molecular weight excluding hydrogens is 264 g/mol. The van der Waals surface area contributed by atoms with Gasteiger partial charge in [-0.1, -0.05) is 0 Å². The van der Waals surface area contributed by atoms with E-state index in [1.165, 1.54) is 0 Å². The Morgan fingerprint density at radius 2 is 1.42 bits per heavy atom. The number of aliphatic carboxylic acids is 1. The van der Waals surface area contributed by atoms with Gasteiger partial charge in [0.15, 0.2) is 0 Å². The molecule has 3 N–H and O–H groups in total. The lowest BCUT2D eigenvalue weighted by atomic mass is 9.86. The molecule has 2 fully saturated rings. The summed E-state index contributed by atoms with van der Waals surface area (Å²) in [5.74, 6) is 1.31. The van der Waals surface area contributed by atoms with Crippen molar-refractivity contribution in [1.29, 1.82) is 0 Å². The Morgan fingerprint density at radius 3 is 1.95 bits per heavy atom. The predicted molar refractivity (Wildman–Crippen MR) is 75.4 cm³/mol. The van der Waals surface area contributed by atoms with Crippen molar-refractivity contribution in [2.75, 3.05) is 11.5 Å². The van der Waals surface area contributed by atoms with Gasteiger partial charge in [-0.25, -0.2) is 4.79 Å². The summed E-state index contributed by atoms with van der Waals surface area (Å²) in [7, 11) is 0. The van der Waals surface area contributed by atoms with Gasteiger partial charge in [0.25, 0.3) is 0 Å². The average Bonchev–Trinajstić information content (AvgIpc) is 2.40. The molecule has 6 heteroatoms. The van der Waals surface area contributed by atoms with Crippen molar-refractivity contribution in [3.8, 4) is 0 Å². The molecule has 0 radical (unpaired) electrons. The number of amides is 2. The van der Waals surface area contributed by atoms with Gasteiger partial charge in [0.05, 0.1) is 5.92 Å². The van der Waals surface area contributed by atoms with E-state index in [0.29, 0.717) is 18.9 Å². The van der Waals surface area contributed by atoms with Crippen molar-refractivity contribution in [3.05, 3.63) is 0 Å². The van der Waals surface area contributed by atoms with E-state index in [-0.39, 0.29) is 18.0 Å². The van der Waals surface area contributed by atoms with Gasteiger partial charge in [0.1, 0.15) is 0 Å². The summed E-state index contributed by atoms with van der Waals surface area (Å²) < 4.78 is 0. The number of carboxylic acid groups (broad SMARTS) is 1. The quantitative estimate of drug-likeness (QED) is 0.739. The molecule has 0 aromatic rings. The van der Waals surface area contributed by atoms with Gasteiger partial charge < -0.3 is 15.7 Å². The minimum Gasteiger partial charge on any atom is -0.481 e. The largest absolute Gasteiger partial charge is 0.481 e. The number of carbonyl (C=O) groups excluding carboxylic acids is 1. The van der Waals surface area contributed by atoms with E-state index in [1.54, 1.807) is 0 Å². The highest BCUT2D eigenvalue weighted by atomic mass is 32.2. The number of hydrogen-bond acceptors (Lipinski definition) is 3. The average molecular weight is 286 g/mol. The van der Waals surface area contributed by atoms with Crippen LogP contribution in [0.3, 0.4) is 0 Å². The zero-order valence-corrected chi connectivity index (χ0v) is 11.9. The third-order valence-corrected chi connectivity index (χ3v) is 5.02. The minimum atomic E-state index is -0.706. The molecule has 1 saturated carbocycles. The van der Waals surface area contributed by atoms with Crippen LogP contribution in [0.25, 0.3) is 0 Å². The van der Waals surface area contributed by atoms with Crippen molar-refractivity contribution in [1.82, 2.24) is 10.6 Å². The smallest absolute Gasteiger partial charge is 0.315 e. The van der Waals surface area contributed by atoms with Crippen LogP contribution in [-0.4, -0.2) is 40.7 Å². The number of carbonyl (C=O) groups is 2. The van der Waals surface area contributed by atoms with Crippen LogP contribution in [0.2, 0.25) is 0 Å². The Balaban J connectivity index is 1.67. The fourth-order valence-electron chi connectivity index (χ4n) is 2.74. The molecule has 0 atom stereocenters. The molecule has 1 aliphatic carbocycles. The monoisotopic (exact) mass is 286 g/mol. The van der Waals surface area contributed by atoms with Crippen LogP contribution in [0.4, 0.5) is 4.79 Å². The molecule has 2 aliphatic rings. The molecule has 1 saturated heterocycles. The number of carboxylic acids is 1. The Kier molecular flexibility index (Phi) is 5.36. The highest BCUT2D eigenvalue weighted by Crippen LogP contribution is 2.24. The van der Waals surface area contributed by atoms with Crippen LogP contribution >= 0.6 is 11.8 Å². The molecule has 19 heavy (non-hydrogen) atoms. The highest BCUT2D eigenvalue weighted by Gasteiger charge is 2.27. The van der Waals surface area contributed by atoms with E-state index in [2.05, 4.69) is 10.6 Å². The van der Waals surface area contributed by atoms with Gasteiger partial charge in [0, 0.05) is 12.1 Å². The molecule has 0 aromatic carbocycles.